The van der Waals surface area contributed by atoms with Crippen molar-refractivity contribution in [2.45, 2.75) is 25.8 Å². The second kappa shape index (κ2) is 12.7. The van der Waals surface area contributed by atoms with Gasteiger partial charge in [-0.2, -0.15) is 0 Å². The highest BCUT2D eigenvalue weighted by Gasteiger charge is 2.22. The lowest BCUT2D eigenvalue weighted by atomic mass is 9.95. The first-order valence-electron chi connectivity index (χ1n) is 12.4. The number of benzene rings is 2. The fraction of sp³-hybridized carbons (Fsp3) is 0.161. The number of halogens is 3. The van der Waals surface area contributed by atoms with E-state index in [9.17, 15) is 13.6 Å². The molecule has 0 aliphatic rings. The normalized spacial score (nSPS) is 12.0. The van der Waals surface area contributed by atoms with E-state index in [0.717, 1.165) is 39.6 Å². The van der Waals surface area contributed by atoms with E-state index in [0.29, 0.717) is 22.8 Å². The zero-order chi connectivity index (χ0) is 27.9. The fourth-order valence-corrected chi connectivity index (χ4v) is 4.53. The van der Waals surface area contributed by atoms with E-state index in [1.807, 2.05) is 37.3 Å². The van der Waals surface area contributed by atoms with Crippen LogP contribution in [0.1, 0.15) is 34.1 Å². The summed E-state index contributed by atoms with van der Waals surface area (Å²) in [6, 6.07) is 13.6. The number of nitrogens with one attached hydrogen (secondary N) is 2. The molecule has 0 saturated carbocycles. The van der Waals surface area contributed by atoms with Crippen molar-refractivity contribution in [2.24, 2.45) is 5.73 Å². The number of nitrogens with two attached hydrogens (primary N) is 1. The van der Waals surface area contributed by atoms with Gasteiger partial charge in [0, 0.05) is 41.3 Å². The first kappa shape index (κ1) is 28.0. The van der Waals surface area contributed by atoms with Crippen LogP contribution in [0.3, 0.4) is 0 Å². The SMILES string of the molecule is C=C(C=Cc1c(CC(=O)NC(Cc2cc(F)cc(F)c2)c2ncccc2-c2ccc(Cl)cc2)c[nH]c1C)CN. The zero-order valence-electron chi connectivity index (χ0n) is 21.5. The van der Waals surface area contributed by atoms with Gasteiger partial charge in [0.25, 0.3) is 0 Å². The summed E-state index contributed by atoms with van der Waals surface area (Å²) in [5.41, 5.74) is 11.6. The molecule has 4 N–H and O–H groups in total. The third-order valence-electron chi connectivity index (χ3n) is 6.33. The molecule has 39 heavy (non-hydrogen) atoms. The molecule has 0 aliphatic heterocycles. The fourth-order valence-electron chi connectivity index (χ4n) is 4.41. The quantitative estimate of drug-likeness (QED) is 0.199. The summed E-state index contributed by atoms with van der Waals surface area (Å²) in [7, 11) is 0. The molecule has 2 aromatic carbocycles. The third-order valence-corrected chi connectivity index (χ3v) is 6.58. The maximum absolute atomic E-state index is 14.0. The van der Waals surface area contributed by atoms with Crippen molar-refractivity contribution in [3.05, 3.63) is 130 Å². The van der Waals surface area contributed by atoms with Crippen molar-refractivity contribution in [3.63, 3.8) is 0 Å². The molecule has 1 unspecified atom stereocenters. The molecule has 0 spiro atoms. The van der Waals surface area contributed by atoms with Crippen molar-refractivity contribution in [1.82, 2.24) is 15.3 Å². The molecule has 200 valence electrons. The van der Waals surface area contributed by atoms with Gasteiger partial charge in [-0.3, -0.25) is 9.78 Å². The lowest BCUT2D eigenvalue weighted by molar-refractivity contribution is -0.121. The highest BCUT2D eigenvalue weighted by molar-refractivity contribution is 6.30. The minimum atomic E-state index is -0.688. The van der Waals surface area contributed by atoms with Gasteiger partial charge in [-0.25, -0.2) is 8.78 Å². The number of amides is 1. The zero-order valence-corrected chi connectivity index (χ0v) is 22.2. The summed E-state index contributed by atoms with van der Waals surface area (Å²) in [4.78, 5) is 21.1. The van der Waals surface area contributed by atoms with E-state index < -0.39 is 17.7 Å². The number of pyridine rings is 1. The number of aryl methyl sites for hydroxylation is 1. The summed E-state index contributed by atoms with van der Waals surface area (Å²) < 4.78 is 28.1. The summed E-state index contributed by atoms with van der Waals surface area (Å²) >= 11 is 6.08. The molecule has 0 aliphatic carbocycles. The first-order valence-corrected chi connectivity index (χ1v) is 12.8. The Bertz CT molecular complexity index is 1490. The van der Waals surface area contributed by atoms with Gasteiger partial charge in [-0.15, -0.1) is 0 Å². The second-order valence-corrected chi connectivity index (χ2v) is 9.71. The molecule has 8 heteroatoms. The third kappa shape index (κ3) is 7.28. The molecule has 2 heterocycles. The van der Waals surface area contributed by atoms with Crippen LogP contribution >= 0.6 is 11.6 Å². The van der Waals surface area contributed by atoms with Crippen LogP contribution in [-0.2, 0) is 17.6 Å². The molecule has 1 atom stereocenters. The van der Waals surface area contributed by atoms with Crippen LogP contribution in [0.25, 0.3) is 17.2 Å². The number of aromatic amines is 1. The molecular formula is C31H29ClF2N4O. The highest BCUT2D eigenvalue weighted by atomic mass is 35.5. The Hall–Kier alpha value is -4.07. The lowest BCUT2D eigenvalue weighted by Crippen LogP contribution is -2.32. The van der Waals surface area contributed by atoms with E-state index in [-0.39, 0.29) is 18.7 Å². The minimum absolute atomic E-state index is 0.0796. The lowest BCUT2D eigenvalue weighted by Gasteiger charge is -2.22. The number of H-pyrrole nitrogens is 1. The Morgan fingerprint density at radius 2 is 1.90 bits per heavy atom. The van der Waals surface area contributed by atoms with Gasteiger partial charge in [0.2, 0.25) is 5.91 Å². The van der Waals surface area contributed by atoms with E-state index in [1.165, 1.54) is 12.1 Å². The largest absolute Gasteiger partial charge is 0.364 e. The van der Waals surface area contributed by atoms with Gasteiger partial charge in [0.1, 0.15) is 11.6 Å². The van der Waals surface area contributed by atoms with Crippen molar-refractivity contribution >= 4 is 23.6 Å². The predicted molar refractivity (Wildman–Crippen MR) is 152 cm³/mol. The van der Waals surface area contributed by atoms with Crippen LogP contribution in [0.2, 0.25) is 5.02 Å². The van der Waals surface area contributed by atoms with Crippen molar-refractivity contribution in [3.8, 4) is 11.1 Å². The molecule has 4 aromatic rings. The molecule has 5 nitrogen and oxygen atoms in total. The van der Waals surface area contributed by atoms with Gasteiger partial charge in [0.15, 0.2) is 0 Å². The Morgan fingerprint density at radius 1 is 1.18 bits per heavy atom. The molecular weight excluding hydrogens is 518 g/mol. The van der Waals surface area contributed by atoms with Gasteiger partial charge in [0.05, 0.1) is 18.2 Å². The standard InChI is InChI=1S/C31H29ClF2N4O/c1-19(17-35)5-10-27-20(2)37-18-23(27)15-30(39)38-29(14-21-12-25(33)16-26(34)13-21)31-28(4-3-11-36-31)22-6-8-24(32)9-7-22/h3-13,16,18,29,37H,1,14-15,17,35H2,2H3,(H,38,39). The van der Waals surface area contributed by atoms with Gasteiger partial charge in [-0.05, 0) is 71.5 Å². The number of hydrogen-bond acceptors (Lipinski definition) is 3. The molecule has 0 fully saturated rings. The van der Waals surface area contributed by atoms with Crippen LogP contribution in [0, 0.1) is 18.6 Å². The topological polar surface area (TPSA) is 83.8 Å². The number of aromatic nitrogens is 2. The number of carbonyl (C=O) groups is 1. The smallest absolute Gasteiger partial charge is 0.225 e. The number of carbonyl (C=O) groups excluding carboxylic acids is 1. The van der Waals surface area contributed by atoms with E-state index in [4.69, 9.17) is 17.3 Å². The minimum Gasteiger partial charge on any atom is -0.364 e. The average molecular weight is 547 g/mol. The van der Waals surface area contributed by atoms with Gasteiger partial charge in [-0.1, -0.05) is 48.5 Å². The van der Waals surface area contributed by atoms with E-state index in [2.05, 4.69) is 21.9 Å². The molecule has 0 saturated heterocycles. The van der Waals surface area contributed by atoms with Crippen LogP contribution in [0.4, 0.5) is 8.78 Å². The highest BCUT2D eigenvalue weighted by Crippen LogP contribution is 2.30. The number of nitrogens with zero attached hydrogens (tertiary/aromatic N) is 1. The summed E-state index contributed by atoms with van der Waals surface area (Å²) in [6.07, 6.45) is 7.34. The van der Waals surface area contributed by atoms with Crippen molar-refractivity contribution in [1.29, 1.82) is 0 Å². The molecule has 0 radical (unpaired) electrons. The molecule has 0 bridgehead atoms. The molecule has 4 rings (SSSR count). The van der Waals surface area contributed by atoms with Gasteiger partial charge >= 0.3 is 0 Å². The number of hydrogen-bond donors (Lipinski definition) is 3. The Morgan fingerprint density at radius 3 is 2.59 bits per heavy atom. The van der Waals surface area contributed by atoms with Gasteiger partial charge < -0.3 is 16.0 Å². The summed E-state index contributed by atoms with van der Waals surface area (Å²) in [5.74, 6) is -1.64. The maximum atomic E-state index is 14.0. The Labute approximate surface area is 231 Å². The monoisotopic (exact) mass is 546 g/mol. The van der Waals surface area contributed by atoms with Crippen LogP contribution in [0.15, 0.2) is 85.2 Å². The number of rotatable bonds is 10. The van der Waals surface area contributed by atoms with Crippen LogP contribution in [0.5, 0.6) is 0 Å². The maximum Gasteiger partial charge on any atom is 0.225 e. The van der Waals surface area contributed by atoms with Crippen LogP contribution in [-0.4, -0.2) is 22.4 Å². The molecule has 1 amide bonds. The van der Waals surface area contributed by atoms with Crippen LogP contribution < -0.4 is 11.1 Å². The molecule has 2 aromatic heterocycles. The second-order valence-electron chi connectivity index (χ2n) is 9.27. The van der Waals surface area contributed by atoms with Crippen molar-refractivity contribution in [2.75, 3.05) is 6.54 Å². The van der Waals surface area contributed by atoms with E-state index >= 15 is 0 Å². The Kier molecular flexibility index (Phi) is 9.07. The predicted octanol–water partition coefficient (Wildman–Crippen LogP) is 6.49. The Balaban J connectivity index is 1.67. The first-order chi connectivity index (χ1) is 18.7. The summed E-state index contributed by atoms with van der Waals surface area (Å²) in [5, 5.41) is 3.64. The average Bonchev–Trinajstić information content (AvgIpc) is 3.25. The van der Waals surface area contributed by atoms with Crippen molar-refractivity contribution < 1.29 is 13.6 Å². The van der Waals surface area contributed by atoms with E-state index in [1.54, 1.807) is 30.6 Å². The summed E-state index contributed by atoms with van der Waals surface area (Å²) in [6.45, 7) is 6.14.